The molecule has 0 spiro atoms. The van der Waals surface area contributed by atoms with Gasteiger partial charge in [-0.3, -0.25) is 4.79 Å². The summed E-state index contributed by atoms with van der Waals surface area (Å²) in [5, 5.41) is 6.21. The molecule has 4 nitrogen and oxygen atoms in total. The van der Waals surface area contributed by atoms with E-state index in [1.54, 1.807) is 4.57 Å². The van der Waals surface area contributed by atoms with Gasteiger partial charge in [0.2, 0.25) is 0 Å². The molecule has 0 unspecified atom stereocenters. The number of ether oxygens (including phenoxy) is 1. The predicted molar refractivity (Wildman–Crippen MR) is 104 cm³/mol. The lowest BCUT2D eigenvalue weighted by molar-refractivity contribution is 0.296. The molecule has 0 radical (unpaired) electrons. The highest BCUT2D eigenvalue weighted by Crippen LogP contribution is 2.23. The van der Waals surface area contributed by atoms with E-state index in [0.717, 1.165) is 57.7 Å². The van der Waals surface area contributed by atoms with E-state index in [-0.39, 0.29) is 5.56 Å². The Bertz CT molecular complexity index is 984. The van der Waals surface area contributed by atoms with Gasteiger partial charge in [0.05, 0.1) is 17.3 Å². The Balaban J connectivity index is 2.10. The second kappa shape index (κ2) is 6.95. The minimum absolute atomic E-state index is 0.0399. The fraction of sp³-hybridized carbons (Fsp3) is 0.476. The molecular weight excluding hydrogens is 312 g/mol. The van der Waals surface area contributed by atoms with Gasteiger partial charge >= 0.3 is 0 Å². The highest BCUT2D eigenvalue weighted by molar-refractivity contribution is 5.84. The number of aryl methyl sites for hydroxylation is 2. The Morgan fingerprint density at radius 1 is 1.28 bits per heavy atom. The zero-order chi connectivity index (χ0) is 18.1. The van der Waals surface area contributed by atoms with Crippen LogP contribution >= 0.6 is 0 Å². The summed E-state index contributed by atoms with van der Waals surface area (Å²) in [6.07, 6.45) is 4.32. The van der Waals surface area contributed by atoms with Crippen molar-refractivity contribution in [3.8, 4) is 5.75 Å². The van der Waals surface area contributed by atoms with Crippen LogP contribution in [0.1, 0.15) is 39.2 Å². The molecule has 0 fully saturated rings. The third kappa shape index (κ3) is 3.30. The lowest BCUT2D eigenvalue weighted by Gasteiger charge is -2.16. The van der Waals surface area contributed by atoms with Crippen LogP contribution in [0.5, 0.6) is 5.75 Å². The number of hydrogen-bond donors (Lipinski definition) is 1. The van der Waals surface area contributed by atoms with Crippen LogP contribution in [0.15, 0.2) is 16.9 Å². The molecule has 1 aromatic carbocycles. The average molecular weight is 340 g/mol. The van der Waals surface area contributed by atoms with Crippen LogP contribution in [-0.4, -0.2) is 17.7 Å². The number of benzene rings is 1. The Kier molecular flexibility index (Phi) is 4.89. The van der Waals surface area contributed by atoms with Gasteiger partial charge in [-0.2, -0.15) is 0 Å². The van der Waals surface area contributed by atoms with E-state index in [9.17, 15) is 4.79 Å². The van der Waals surface area contributed by atoms with Crippen LogP contribution in [0.4, 0.5) is 0 Å². The molecule has 3 rings (SSSR count). The molecule has 2 heterocycles. The van der Waals surface area contributed by atoms with Gasteiger partial charge in [-0.05, 0) is 49.5 Å². The summed E-state index contributed by atoms with van der Waals surface area (Å²) in [7, 11) is 1.84. The quantitative estimate of drug-likeness (QED) is 0.849. The standard InChI is InChI=1S/C21H28N2O2/c1-13(2)7-6-10-25-19-12-18-17(11-14(19)3)16-8-9-22-15(4)20(16)21(24)23(18)5/h8,11-13,22H,6-7,9-10H2,1-5H3. The SMILES string of the molecule is CC1=c2c(c3cc(C)c(OCCCC(C)C)cc3n(C)c2=O)=CCN1. The van der Waals surface area contributed by atoms with Crippen LogP contribution in [0.25, 0.3) is 22.7 Å². The van der Waals surface area contributed by atoms with Crippen molar-refractivity contribution in [2.75, 3.05) is 13.2 Å². The van der Waals surface area contributed by atoms with E-state index in [4.69, 9.17) is 4.74 Å². The monoisotopic (exact) mass is 340 g/mol. The molecule has 1 aliphatic rings. The summed E-state index contributed by atoms with van der Waals surface area (Å²) in [6.45, 7) is 9.97. The molecule has 0 saturated heterocycles. The number of rotatable bonds is 5. The Hall–Kier alpha value is -2.23. The first-order chi connectivity index (χ1) is 11.9. The highest BCUT2D eigenvalue weighted by atomic mass is 16.5. The summed E-state index contributed by atoms with van der Waals surface area (Å²) in [5.41, 5.74) is 3.03. The third-order valence-corrected chi connectivity index (χ3v) is 4.96. The van der Waals surface area contributed by atoms with Gasteiger partial charge in [0.15, 0.2) is 0 Å². The average Bonchev–Trinajstić information content (AvgIpc) is 2.57. The first kappa shape index (κ1) is 17.6. The van der Waals surface area contributed by atoms with Crippen LogP contribution in [0, 0.1) is 12.8 Å². The van der Waals surface area contributed by atoms with E-state index < -0.39 is 0 Å². The van der Waals surface area contributed by atoms with Crippen LogP contribution in [-0.2, 0) is 7.05 Å². The van der Waals surface area contributed by atoms with Crippen LogP contribution in [0.3, 0.4) is 0 Å². The van der Waals surface area contributed by atoms with Crippen molar-refractivity contribution < 1.29 is 4.74 Å². The van der Waals surface area contributed by atoms with Crippen molar-refractivity contribution in [3.63, 3.8) is 0 Å². The number of nitrogens with one attached hydrogen (secondary N) is 1. The maximum absolute atomic E-state index is 12.8. The summed E-state index contributed by atoms with van der Waals surface area (Å²) in [5.74, 6) is 1.57. The maximum Gasteiger partial charge on any atom is 0.260 e. The molecule has 0 saturated carbocycles. The van der Waals surface area contributed by atoms with E-state index >= 15 is 0 Å². The van der Waals surface area contributed by atoms with Crippen LogP contribution < -0.4 is 26.1 Å². The largest absolute Gasteiger partial charge is 0.493 e. The lowest BCUT2D eigenvalue weighted by atomic mass is 10.0. The topological polar surface area (TPSA) is 43.3 Å². The second-order valence-corrected chi connectivity index (χ2v) is 7.38. The maximum atomic E-state index is 12.8. The molecule has 0 aliphatic carbocycles. The number of hydrogen-bond acceptors (Lipinski definition) is 3. The van der Waals surface area contributed by atoms with Crippen molar-refractivity contribution >= 4 is 22.7 Å². The molecule has 4 heteroatoms. The summed E-state index contributed by atoms with van der Waals surface area (Å²) < 4.78 is 7.75. The van der Waals surface area contributed by atoms with Crippen molar-refractivity contribution in [3.05, 3.63) is 38.5 Å². The predicted octanol–water partition coefficient (Wildman–Crippen LogP) is 2.17. The Labute approximate surface area is 148 Å². The minimum atomic E-state index is 0.0399. The van der Waals surface area contributed by atoms with E-state index in [1.807, 2.05) is 20.0 Å². The summed E-state index contributed by atoms with van der Waals surface area (Å²) in [4.78, 5) is 12.8. The molecular formula is C21H28N2O2. The molecule has 0 atom stereocenters. The summed E-state index contributed by atoms with van der Waals surface area (Å²) >= 11 is 0. The molecule has 0 bridgehead atoms. The van der Waals surface area contributed by atoms with Gasteiger partial charge in [0.1, 0.15) is 5.75 Å². The third-order valence-electron chi connectivity index (χ3n) is 4.96. The molecule has 2 aromatic rings. The number of aromatic nitrogens is 1. The zero-order valence-corrected chi connectivity index (χ0v) is 15.9. The molecule has 0 amide bonds. The van der Waals surface area contributed by atoms with Crippen molar-refractivity contribution in [2.45, 2.75) is 40.5 Å². The molecule has 1 N–H and O–H groups in total. The van der Waals surface area contributed by atoms with Gasteiger partial charge in [-0.1, -0.05) is 19.9 Å². The zero-order valence-electron chi connectivity index (χ0n) is 15.9. The lowest BCUT2D eigenvalue weighted by Crippen LogP contribution is -2.50. The highest BCUT2D eigenvalue weighted by Gasteiger charge is 2.13. The van der Waals surface area contributed by atoms with Gasteiger partial charge in [0.25, 0.3) is 5.56 Å². The first-order valence-electron chi connectivity index (χ1n) is 9.11. The molecule has 1 aromatic heterocycles. The molecule has 1 aliphatic heterocycles. The first-order valence-corrected chi connectivity index (χ1v) is 9.11. The van der Waals surface area contributed by atoms with Crippen LogP contribution in [0.2, 0.25) is 0 Å². The van der Waals surface area contributed by atoms with E-state index in [0.29, 0.717) is 12.5 Å². The van der Waals surface area contributed by atoms with E-state index in [2.05, 4.69) is 38.2 Å². The second-order valence-electron chi connectivity index (χ2n) is 7.38. The summed E-state index contributed by atoms with van der Waals surface area (Å²) in [6, 6.07) is 4.17. The van der Waals surface area contributed by atoms with Crippen molar-refractivity contribution in [1.82, 2.24) is 9.88 Å². The Morgan fingerprint density at radius 2 is 2.04 bits per heavy atom. The van der Waals surface area contributed by atoms with Crippen molar-refractivity contribution in [2.24, 2.45) is 13.0 Å². The number of fused-ring (bicyclic) bond motifs is 3. The fourth-order valence-electron chi connectivity index (χ4n) is 3.50. The number of nitrogens with zero attached hydrogens (tertiary/aromatic N) is 1. The molecule has 134 valence electrons. The van der Waals surface area contributed by atoms with Gasteiger partial charge in [-0.15, -0.1) is 0 Å². The van der Waals surface area contributed by atoms with Gasteiger partial charge < -0.3 is 14.6 Å². The van der Waals surface area contributed by atoms with Gasteiger partial charge in [-0.25, -0.2) is 0 Å². The van der Waals surface area contributed by atoms with E-state index in [1.165, 1.54) is 0 Å². The van der Waals surface area contributed by atoms with Gasteiger partial charge in [0, 0.05) is 30.7 Å². The normalized spacial score (nSPS) is 13.6. The fourth-order valence-corrected chi connectivity index (χ4v) is 3.50. The smallest absolute Gasteiger partial charge is 0.260 e. The molecule has 25 heavy (non-hydrogen) atoms. The minimum Gasteiger partial charge on any atom is -0.493 e. The van der Waals surface area contributed by atoms with Crippen molar-refractivity contribution in [1.29, 1.82) is 0 Å². The number of pyridine rings is 1. The Morgan fingerprint density at radius 3 is 2.76 bits per heavy atom.